The van der Waals surface area contributed by atoms with E-state index in [1.807, 2.05) is 36.4 Å². The van der Waals surface area contributed by atoms with Crippen LogP contribution < -0.4 is 4.74 Å². The van der Waals surface area contributed by atoms with Gasteiger partial charge in [0.1, 0.15) is 11.9 Å². The average molecular weight is 392 g/mol. The SMILES string of the molecule is CC#CC(CC(=O)O)c1ccc(OC(CCOC)c2ccc3[nH]ncc3c2)cc1. The molecule has 6 heteroatoms. The van der Waals surface area contributed by atoms with E-state index in [-0.39, 0.29) is 18.4 Å². The third-order valence-corrected chi connectivity index (χ3v) is 4.68. The third kappa shape index (κ3) is 5.37. The quantitative estimate of drug-likeness (QED) is 0.531. The summed E-state index contributed by atoms with van der Waals surface area (Å²) in [5.41, 5.74) is 2.88. The molecule has 0 aliphatic carbocycles. The number of nitrogens with zero attached hydrogens (tertiary/aromatic N) is 1. The van der Waals surface area contributed by atoms with E-state index in [1.54, 1.807) is 20.2 Å². The van der Waals surface area contributed by atoms with Crippen molar-refractivity contribution in [3.63, 3.8) is 0 Å². The minimum absolute atomic E-state index is 0.0256. The molecule has 1 heterocycles. The van der Waals surface area contributed by atoms with E-state index >= 15 is 0 Å². The fourth-order valence-electron chi connectivity index (χ4n) is 3.22. The number of ether oxygens (including phenoxy) is 2. The molecule has 0 bridgehead atoms. The van der Waals surface area contributed by atoms with Gasteiger partial charge in [-0.2, -0.15) is 5.10 Å². The molecule has 0 radical (unpaired) electrons. The molecule has 29 heavy (non-hydrogen) atoms. The molecular weight excluding hydrogens is 368 g/mol. The molecule has 6 nitrogen and oxygen atoms in total. The summed E-state index contributed by atoms with van der Waals surface area (Å²) in [4.78, 5) is 11.1. The Morgan fingerprint density at radius 1 is 1.21 bits per heavy atom. The Kier molecular flexibility index (Phi) is 6.88. The van der Waals surface area contributed by atoms with Crippen LogP contribution >= 0.6 is 0 Å². The molecule has 0 fully saturated rings. The number of aliphatic carboxylic acids is 1. The lowest BCUT2D eigenvalue weighted by atomic mass is 9.96. The molecule has 2 unspecified atom stereocenters. The Balaban J connectivity index is 1.79. The van der Waals surface area contributed by atoms with Crippen LogP contribution in [0.1, 0.15) is 42.9 Å². The van der Waals surface area contributed by atoms with E-state index in [4.69, 9.17) is 14.6 Å². The number of methoxy groups -OCH3 is 1. The minimum Gasteiger partial charge on any atom is -0.486 e. The van der Waals surface area contributed by atoms with Gasteiger partial charge >= 0.3 is 5.97 Å². The lowest BCUT2D eigenvalue weighted by Crippen LogP contribution is -2.11. The molecule has 0 amide bonds. The molecule has 2 aromatic carbocycles. The number of benzene rings is 2. The molecule has 0 aliphatic rings. The maximum Gasteiger partial charge on any atom is 0.304 e. The zero-order chi connectivity index (χ0) is 20.6. The first kappa shape index (κ1) is 20.4. The second-order valence-corrected chi connectivity index (χ2v) is 6.72. The summed E-state index contributed by atoms with van der Waals surface area (Å²) >= 11 is 0. The molecule has 0 spiro atoms. The number of rotatable bonds is 9. The van der Waals surface area contributed by atoms with E-state index in [1.165, 1.54) is 0 Å². The van der Waals surface area contributed by atoms with Gasteiger partial charge in [0.15, 0.2) is 0 Å². The fraction of sp³-hybridized carbons (Fsp3) is 0.304. The van der Waals surface area contributed by atoms with Crippen molar-refractivity contribution in [3.8, 4) is 17.6 Å². The number of hydrogen-bond donors (Lipinski definition) is 2. The Morgan fingerprint density at radius 3 is 2.66 bits per heavy atom. The van der Waals surface area contributed by atoms with E-state index in [9.17, 15) is 4.79 Å². The van der Waals surface area contributed by atoms with Crippen LogP contribution in [0.2, 0.25) is 0 Å². The summed E-state index contributed by atoms with van der Waals surface area (Å²) in [6, 6.07) is 13.5. The van der Waals surface area contributed by atoms with Crippen molar-refractivity contribution >= 4 is 16.9 Å². The third-order valence-electron chi connectivity index (χ3n) is 4.68. The maximum atomic E-state index is 11.1. The van der Waals surface area contributed by atoms with Gasteiger partial charge < -0.3 is 14.6 Å². The zero-order valence-corrected chi connectivity index (χ0v) is 16.5. The molecule has 0 saturated heterocycles. The number of H-pyrrole nitrogens is 1. The van der Waals surface area contributed by atoms with Crippen LogP contribution in [0.15, 0.2) is 48.7 Å². The normalized spacial score (nSPS) is 12.8. The Morgan fingerprint density at radius 2 is 1.97 bits per heavy atom. The Labute approximate surface area is 169 Å². The van der Waals surface area contributed by atoms with Gasteiger partial charge in [0, 0.05) is 18.9 Å². The Bertz CT molecular complexity index is 1010. The first-order valence-corrected chi connectivity index (χ1v) is 9.43. The molecule has 150 valence electrons. The maximum absolute atomic E-state index is 11.1. The number of carboxylic acid groups (broad SMARTS) is 1. The molecule has 3 aromatic rings. The lowest BCUT2D eigenvalue weighted by molar-refractivity contribution is -0.137. The predicted octanol–water partition coefficient (Wildman–Crippen LogP) is 4.30. The van der Waals surface area contributed by atoms with Gasteiger partial charge in [0.05, 0.1) is 30.7 Å². The smallest absolute Gasteiger partial charge is 0.304 e. The van der Waals surface area contributed by atoms with Crippen molar-refractivity contribution < 1.29 is 19.4 Å². The van der Waals surface area contributed by atoms with Gasteiger partial charge in [-0.15, -0.1) is 5.92 Å². The second-order valence-electron chi connectivity index (χ2n) is 6.72. The highest BCUT2D eigenvalue weighted by Gasteiger charge is 2.16. The molecule has 3 rings (SSSR count). The van der Waals surface area contributed by atoms with Crippen molar-refractivity contribution in [2.75, 3.05) is 13.7 Å². The molecule has 0 aliphatic heterocycles. The summed E-state index contributed by atoms with van der Waals surface area (Å²) < 4.78 is 11.5. The van der Waals surface area contributed by atoms with E-state index in [0.29, 0.717) is 18.8 Å². The van der Waals surface area contributed by atoms with Crippen molar-refractivity contribution in [2.24, 2.45) is 0 Å². The topological polar surface area (TPSA) is 84.4 Å². The summed E-state index contributed by atoms with van der Waals surface area (Å²) in [5.74, 6) is 5.28. The predicted molar refractivity (Wildman–Crippen MR) is 111 cm³/mol. The van der Waals surface area contributed by atoms with Crippen molar-refractivity contribution in [1.29, 1.82) is 0 Å². The van der Waals surface area contributed by atoms with Crippen LogP contribution in [-0.2, 0) is 9.53 Å². The fourth-order valence-corrected chi connectivity index (χ4v) is 3.22. The molecule has 2 N–H and O–H groups in total. The first-order chi connectivity index (χ1) is 14.1. The van der Waals surface area contributed by atoms with E-state index < -0.39 is 5.97 Å². The number of hydrogen-bond acceptors (Lipinski definition) is 4. The number of aromatic nitrogens is 2. The molecule has 0 saturated carbocycles. The van der Waals surface area contributed by atoms with Crippen LogP contribution in [0.25, 0.3) is 10.9 Å². The van der Waals surface area contributed by atoms with Gasteiger partial charge in [0.25, 0.3) is 0 Å². The lowest BCUT2D eigenvalue weighted by Gasteiger charge is -2.20. The van der Waals surface area contributed by atoms with Crippen LogP contribution in [0.3, 0.4) is 0 Å². The Hall–Kier alpha value is -3.30. The highest BCUT2D eigenvalue weighted by atomic mass is 16.5. The van der Waals surface area contributed by atoms with Gasteiger partial charge in [-0.25, -0.2) is 0 Å². The second kappa shape index (κ2) is 9.76. The van der Waals surface area contributed by atoms with Gasteiger partial charge in [-0.05, 0) is 42.3 Å². The van der Waals surface area contributed by atoms with E-state index in [0.717, 1.165) is 22.0 Å². The molecule has 2 atom stereocenters. The van der Waals surface area contributed by atoms with Crippen molar-refractivity contribution in [1.82, 2.24) is 10.2 Å². The minimum atomic E-state index is -0.868. The monoisotopic (exact) mass is 392 g/mol. The highest BCUT2D eigenvalue weighted by molar-refractivity contribution is 5.78. The van der Waals surface area contributed by atoms with Crippen LogP contribution in [0, 0.1) is 11.8 Å². The standard InChI is InChI=1S/C23H24N2O4/c1-3-4-17(14-23(26)27)16-5-8-20(9-6-16)29-22(11-12-28-2)18-7-10-21-19(13-18)15-24-25-21/h5-10,13,15,17,22H,11-12,14H2,1-2H3,(H,24,25)(H,26,27). The summed E-state index contributed by atoms with van der Waals surface area (Å²) in [6.45, 7) is 2.28. The van der Waals surface area contributed by atoms with Crippen LogP contribution in [0.4, 0.5) is 0 Å². The summed E-state index contributed by atoms with van der Waals surface area (Å²) in [6.07, 6.45) is 2.29. The number of carboxylic acids is 1. The summed E-state index contributed by atoms with van der Waals surface area (Å²) in [7, 11) is 1.67. The largest absolute Gasteiger partial charge is 0.486 e. The highest BCUT2D eigenvalue weighted by Crippen LogP contribution is 2.29. The van der Waals surface area contributed by atoms with E-state index in [2.05, 4.69) is 28.1 Å². The molecular formula is C23H24N2O4. The van der Waals surface area contributed by atoms with Crippen LogP contribution in [-0.4, -0.2) is 35.0 Å². The number of aromatic amines is 1. The summed E-state index contributed by atoms with van der Waals surface area (Å²) in [5, 5.41) is 17.1. The van der Waals surface area contributed by atoms with Gasteiger partial charge in [-0.3, -0.25) is 9.89 Å². The number of nitrogens with one attached hydrogen (secondary N) is 1. The van der Waals surface area contributed by atoms with Crippen molar-refractivity contribution in [3.05, 3.63) is 59.8 Å². The van der Waals surface area contributed by atoms with Crippen LogP contribution in [0.5, 0.6) is 5.75 Å². The first-order valence-electron chi connectivity index (χ1n) is 9.43. The average Bonchev–Trinajstić information content (AvgIpc) is 3.19. The van der Waals surface area contributed by atoms with Gasteiger partial charge in [0.2, 0.25) is 0 Å². The molecule has 1 aromatic heterocycles. The van der Waals surface area contributed by atoms with Gasteiger partial charge in [-0.1, -0.05) is 24.1 Å². The number of fused-ring (bicyclic) bond motifs is 1. The zero-order valence-electron chi connectivity index (χ0n) is 16.5. The number of carbonyl (C=O) groups is 1. The van der Waals surface area contributed by atoms with Crippen molar-refractivity contribution in [2.45, 2.75) is 31.8 Å².